The van der Waals surface area contributed by atoms with Crippen LogP contribution in [0.2, 0.25) is 0 Å². The van der Waals surface area contributed by atoms with E-state index in [1.54, 1.807) is 28.4 Å². The first kappa shape index (κ1) is 19.8. The molecule has 7 heteroatoms. The van der Waals surface area contributed by atoms with Crippen LogP contribution in [-0.4, -0.2) is 25.7 Å². The van der Waals surface area contributed by atoms with E-state index in [2.05, 4.69) is 15.4 Å². The molecule has 5 aromatic rings. The summed E-state index contributed by atoms with van der Waals surface area (Å²) in [7, 11) is 0. The van der Waals surface area contributed by atoms with Gasteiger partial charge in [0.2, 0.25) is 0 Å². The maximum Gasteiger partial charge on any atom is 0.259 e. The zero-order valence-corrected chi connectivity index (χ0v) is 18.1. The molecule has 0 unspecified atom stereocenters. The summed E-state index contributed by atoms with van der Waals surface area (Å²) in [6.07, 6.45) is 3.36. The first-order valence-corrected chi connectivity index (χ1v) is 11.0. The topological polar surface area (TPSA) is 72.7 Å². The van der Waals surface area contributed by atoms with Crippen LogP contribution in [0.3, 0.4) is 0 Å². The van der Waals surface area contributed by atoms with Gasteiger partial charge in [-0.1, -0.05) is 36.4 Å². The van der Waals surface area contributed by atoms with Gasteiger partial charge in [0.25, 0.3) is 5.91 Å². The minimum atomic E-state index is -0.200. The molecule has 0 radical (unpaired) electrons. The molecule has 0 spiro atoms. The molecule has 2 aromatic carbocycles. The molecule has 3 aromatic heterocycles. The van der Waals surface area contributed by atoms with Crippen molar-refractivity contribution in [2.24, 2.45) is 0 Å². The number of amides is 1. The Labute approximate surface area is 189 Å². The van der Waals surface area contributed by atoms with Crippen LogP contribution < -0.4 is 5.32 Å². The van der Waals surface area contributed by atoms with E-state index in [1.165, 1.54) is 0 Å². The first-order chi connectivity index (χ1) is 15.7. The van der Waals surface area contributed by atoms with Crippen LogP contribution in [-0.2, 0) is 0 Å². The monoisotopic (exact) mass is 437 g/mol. The Balaban J connectivity index is 1.37. The number of nitrogens with zero attached hydrogens (tertiary/aromatic N) is 4. The molecule has 0 aliphatic heterocycles. The first-order valence-electron chi connectivity index (χ1n) is 10.1. The molecule has 3 heterocycles. The number of carbonyl (C=O) groups is 1. The van der Waals surface area contributed by atoms with E-state index in [0.29, 0.717) is 11.3 Å². The lowest BCUT2D eigenvalue weighted by Gasteiger charge is -2.07. The molecule has 0 saturated heterocycles. The predicted molar refractivity (Wildman–Crippen MR) is 127 cm³/mol. The van der Waals surface area contributed by atoms with Crippen LogP contribution in [0.1, 0.15) is 16.1 Å². The minimum absolute atomic E-state index is 0.200. The molecule has 156 valence electrons. The zero-order valence-electron chi connectivity index (χ0n) is 17.3. The van der Waals surface area contributed by atoms with Gasteiger partial charge in [-0.15, -0.1) is 11.3 Å². The van der Waals surface area contributed by atoms with Gasteiger partial charge in [-0.2, -0.15) is 5.10 Å². The number of hydrogen-bond acceptors (Lipinski definition) is 5. The Kier molecular flexibility index (Phi) is 5.31. The van der Waals surface area contributed by atoms with Crippen LogP contribution >= 0.6 is 11.3 Å². The Morgan fingerprint density at radius 1 is 0.969 bits per heavy atom. The lowest BCUT2D eigenvalue weighted by molar-refractivity contribution is 0.102. The van der Waals surface area contributed by atoms with Gasteiger partial charge in [0.15, 0.2) is 0 Å². The average Bonchev–Trinajstić information content (AvgIpc) is 3.48. The van der Waals surface area contributed by atoms with Gasteiger partial charge in [0, 0.05) is 22.8 Å². The SMILES string of the molecule is Cc1c(C(=O)Nc2cccc(-c3csc(-c4ccccn4)n3)c2)cnn1-c1ccccc1. The number of benzene rings is 2. The number of para-hydroxylation sites is 1. The second kappa shape index (κ2) is 8.56. The molecule has 0 aliphatic carbocycles. The Morgan fingerprint density at radius 2 is 1.81 bits per heavy atom. The van der Waals surface area contributed by atoms with Crippen molar-refractivity contribution < 1.29 is 4.79 Å². The molecule has 0 saturated carbocycles. The molecule has 1 amide bonds. The van der Waals surface area contributed by atoms with E-state index >= 15 is 0 Å². The highest BCUT2D eigenvalue weighted by atomic mass is 32.1. The van der Waals surface area contributed by atoms with E-state index in [-0.39, 0.29) is 5.91 Å². The van der Waals surface area contributed by atoms with E-state index in [4.69, 9.17) is 4.98 Å². The van der Waals surface area contributed by atoms with Crippen molar-refractivity contribution in [3.63, 3.8) is 0 Å². The summed E-state index contributed by atoms with van der Waals surface area (Å²) in [4.78, 5) is 22.0. The number of aromatic nitrogens is 4. The number of carbonyl (C=O) groups excluding carboxylic acids is 1. The molecule has 0 bridgehead atoms. The smallest absolute Gasteiger partial charge is 0.259 e. The van der Waals surface area contributed by atoms with Crippen molar-refractivity contribution >= 4 is 22.9 Å². The van der Waals surface area contributed by atoms with E-state index in [9.17, 15) is 4.79 Å². The maximum absolute atomic E-state index is 12.9. The number of thiazole rings is 1. The Hall–Kier alpha value is -4.10. The van der Waals surface area contributed by atoms with Crippen LogP contribution in [0.15, 0.2) is 90.6 Å². The standard InChI is InChI=1S/C25H19N5OS/c1-17-21(15-27-30(17)20-10-3-2-4-11-20)24(31)28-19-9-7-8-18(14-19)23-16-32-25(29-23)22-12-5-6-13-26-22/h2-16H,1H3,(H,28,31). The fraction of sp³-hybridized carbons (Fsp3) is 0.0400. The molecule has 32 heavy (non-hydrogen) atoms. The summed E-state index contributed by atoms with van der Waals surface area (Å²) < 4.78 is 1.76. The number of hydrogen-bond donors (Lipinski definition) is 1. The fourth-order valence-corrected chi connectivity index (χ4v) is 4.23. The average molecular weight is 438 g/mol. The molecular formula is C25H19N5OS. The molecule has 1 N–H and O–H groups in total. The van der Waals surface area contributed by atoms with Crippen molar-refractivity contribution in [2.45, 2.75) is 6.92 Å². The Bertz CT molecular complexity index is 1380. The highest BCUT2D eigenvalue weighted by Crippen LogP contribution is 2.29. The third kappa shape index (κ3) is 3.93. The predicted octanol–water partition coefficient (Wildman–Crippen LogP) is 5.62. The van der Waals surface area contributed by atoms with Gasteiger partial charge >= 0.3 is 0 Å². The van der Waals surface area contributed by atoms with Gasteiger partial charge in [-0.3, -0.25) is 9.78 Å². The lowest BCUT2D eigenvalue weighted by Crippen LogP contribution is -2.13. The van der Waals surface area contributed by atoms with Gasteiger partial charge in [-0.05, 0) is 43.3 Å². The lowest BCUT2D eigenvalue weighted by atomic mass is 10.1. The summed E-state index contributed by atoms with van der Waals surface area (Å²) in [5.74, 6) is -0.200. The van der Waals surface area contributed by atoms with Crippen LogP contribution in [0.4, 0.5) is 5.69 Å². The fourth-order valence-electron chi connectivity index (χ4n) is 3.43. The third-order valence-electron chi connectivity index (χ3n) is 5.06. The second-order valence-corrected chi connectivity index (χ2v) is 8.04. The maximum atomic E-state index is 12.9. The summed E-state index contributed by atoms with van der Waals surface area (Å²) in [6.45, 7) is 1.89. The number of anilines is 1. The van der Waals surface area contributed by atoms with Gasteiger partial charge < -0.3 is 5.32 Å². The Morgan fingerprint density at radius 3 is 2.62 bits per heavy atom. The molecule has 5 rings (SSSR count). The van der Waals surface area contributed by atoms with Crippen LogP contribution in [0, 0.1) is 6.92 Å². The summed E-state index contributed by atoms with van der Waals surface area (Å²) in [6, 6.07) is 23.2. The van der Waals surface area contributed by atoms with Crippen LogP contribution in [0.25, 0.3) is 27.6 Å². The number of pyridine rings is 1. The summed E-state index contributed by atoms with van der Waals surface area (Å²) >= 11 is 1.54. The van der Waals surface area contributed by atoms with Gasteiger partial charge in [-0.25, -0.2) is 9.67 Å². The third-order valence-corrected chi connectivity index (χ3v) is 5.92. The van der Waals surface area contributed by atoms with E-state index < -0.39 is 0 Å². The molecule has 0 aliphatic rings. The molecule has 0 fully saturated rings. The van der Waals surface area contributed by atoms with Gasteiger partial charge in [0.05, 0.1) is 34.5 Å². The second-order valence-electron chi connectivity index (χ2n) is 7.18. The zero-order chi connectivity index (χ0) is 21.9. The molecule has 0 atom stereocenters. The minimum Gasteiger partial charge on any atom is -0.322 e. The van der Waals surface area contributed by atoms with Crippen molar-refractivity contribution in [1.82, 2.24) is 19.7 Å². The summed E-state index contributed by atoms with van der Waals surface area (Å²) in [5.41, 5.74) is 5.55. The number of nitrogens with one attached hydrogen (secondary N) is 1. The van der Waals surface area contributed by atoms with Crippen LogP contribution in [0.5, 0.6) is 0 Å². The molecule has 6 nitrogen and oxygen atoms in total. The quantitative estimate of drug-likeness (QED) is 0.387. The summed E-state index contributed by atoms with van der Waals surface area (Å²) in [5, 5.41) is 10.2. The van der Waals surface area contributed by atoms with E-state index in [0.717, 1.165) is 33.3 Å². The van der Waals surface area contributed by atoms with Crippen molar-refractivity contribution in [3.05, 3.63) is 102 Å². The number of rotatable bonds is 5. The van der Waals surface area contributed by atoms with Crippen molar-refractivity contribution in [1.29, 1.82) is 0 Å². The van der Waals surface area contributed by atoms with Crippen molar-refractivity contribution in [3.8, 4) is 27.6 Å². The highest BCUT2D eigenvalue weighted by Gasteiger charge is 2.16. The largest absolute Gasteiger partial charge is 0.322 e. The molecular weight excluding hydrogens is 418 g/mol. The van der Waals surface area contributed by atoms with Gasteiger partial charge in [0.1, 0.15) is 5.01 Å². The van der Waals surface area contributed by atoms with E-state index in [1.807, 2.05) is 85.1 Å². The normalized spacial score (nSPS) is 10.8. The van der Waals surface area contributed by atoms with Crippen molar-refractivity contribution in [2.75, 3.05) is 5.32 Å². The highest BCUT2D eigenvalue weighted by molar-refractivity contribution is 7.13.